The predicted molar refractivity (Wildman–Crippen MR) is 76.7 cm³/mol. The Labute approximate surface area is 121 Å². The Morgan fingerprint density at radius 2 is 2.05 bits per heavy atom. The third kappa shape index (κ3) is 2.34. The van der Waals surface area contributed by atoms with Gasteiger partial charge in [-0.15, -0.1) is 0 Å². The van der Waals surface area contributed by atoms with Gasteiger partial charge >= 0.3 is 0 Å². The summed E-state index contributed by atoms with van der Waals surface area (Å²) in [5.74, 6) is 0.694. The van der Waals surface area contributed by atoms with E-state index in [1.807, 2.05) is 0 Å². The first-order valence-corrected chi connectivity index (χ1v) is 6.26. The Morgan fingerprint density at radius 1 is 1.33 bits per heavy atom. The molecule has 0 saturated carbocycles. The number of benzene rings is 1. The molecule has 2 aromatic rings. The van der Waals surface area contributed by atoms with E-state index in [-0.39, 0.29) is 17.1 Å². The van der Waals surface area contributed by atoms with Gasteiger partial charge in [-0.3, -0.25) is 0 Å². The maximum absolute atomic E-state index is 10.1. The van der Waals surface area contributed by atoms with Gasteiger partial charge in [-0.05, 0) is 13.0 Å². The Kier molecular flexibility index (Phi) is 4.24. The van der Waals surface area contributed by atoms with Crippen molar-refractivity contribution >= 4 is 16.7 Å². The molecule has 1 aromatic heterocycles. The van der Waals surface area contributed by atoms with E-state index in [1.165, 1.54) is 20.5 Å². The minimum Gasteiger partial charge on any atom is -0.506 e. The van der Waals surface area contributed by atoms with E-state index in [1.54, 1.807) is 19.1 Å². The van der Waals surface area contributed by atoms with Crippen LogP contribution < -0.4 is 14.2 Å². The molecule has 0 unspecified atom stereocenters. The number of fused-ring (bicyclic) bond motifs is 1. The Morgan fingerprint density at radius 3 is 2.62 bits per heavy atom. The van der Waals surface area contributed by atoms with Crippen LogP contribution in [0.2, 0.25) is 0 Å². The molecule has 1 heterocycles. The summed E-state index contributed by atoms with van der Waals surface area (Å²) in [6, 6.07) is 3.47. The lowest BCUT2D eigenvalue weighted by Crippen LogP contribution is -2.03. The van der Waals surface area contributed by atoms with E-state index < -0.39 is 0 Å². The van der Waals surface area contributed by atoms with Gasteiger partial charge in [-0.1, -0.05) is 0 Å². The second-order valence-electron chi connectivity index (χ2n) is 4.03. The zero-order chi connectivity index (χ0) is 15.4. The first-order valence-electron chi connectivity index (χ1n) is 6.26. The fourth-order valence-electron chi connectivity index (χ4n) is 2.16. The second-order valence-corrected chi connectivity index (χ2v) is 4.03. The molecule has 0 aliphatic heterocycles. The number of hydrogen-bond acceptors (Lipinski definition) is 6. The maximum Gasteiger partial charge on any atom is 0.205 e. The minimum atomic E-state index is -0.265. The number of ether oxygens (including phenoxy) is 3. The van der Waals surface area contributed by atoms with Gasteiger partial charge in [0.05, 0.1) is 44.6 Å². The van der Waals surface area contributed by atoms with Gasteiger partial charge in [0.2, 0.25) is 5.75 Å². The molecule has 1 N–H and O–H groups in total. The molecule has 1 aromatic carbocycles. The van der Waals surface area contributed by atoms with Crippen LogP contribution in [0.3, 0.4) is 0 Å². The van der Waals surface area contributed by atoms with Crippen molar-refractivity contribution in [3.8, 4) is 23.3 Å². The van der Waals surface area contributed by atoms with Crippen molar-refractivity contribution in [2.24, 2.45) is 0 Å². The third-order valence-corrected chi connectivity index (χ3v) is 2.93. The average Bonchev–Trinajstić information content (AvgIpc) is 2.95. The molecular weight excluding hydrogens is 274 g/mol. The molecule has 0 saturated heterocycles. The molecule has 6 nitrogen and oxygen atoms in total. The molecule has 110 valence electrons. The number of furan rings is 1. The van der Waals surface area contributed by atoms with Gasteiger partial charge in [0, 0.05) is 0 Å². The third-order valence-electron chi connectivity index (χ3n) is 2.93. The van der Waals surface area contributed by atoms with Crippen LogP contribution in [0, 0.1) is 11.3 Å². The summed E-state index contributed by atoms with van der Waals surface area (Å²) in [4.78, 5) is 0. The normalized spacial score (nSPS) is 11.2. The van der Waals surface area contributed by atoms with Crippen molar-refractivity contribution in [1.29, 1.82) is 5.26 Å². The summed E-state index contributed by atoms with van der Waals surface area (Å²) >= 11 is 0. The van der Waals surface area contributed by atoms with Crippen molar-refractivity contribution in [2.45, 2.75) is 6.92 Å². The molecule has 0 bridgehead atoms. The Balaban J connectivity index is 2.93. The van der Waals surface area contributed by atoms with E-state index in [0.717, 1.165) is 6.08 Å². The molecule has 0 atom stereocenters. The number of nitriles is 1. The first kappa shape index (κ1) is 14.6. The minimum absolute atomic E-state index is 0.256. The number of methoxy groups -OCH3 is 2. The van der Waals surface area contributed by atoms with Crippen molar-refractivity contribution in [3.63, 3.8) is 0 Å². The van der Waals surface area contributed by atoms with Gasteiger partial charge in [0.15, 0.2) is 11.3 Å². The summed E-state index contributed by atoms with van der Waals surface area (Å²) in [5.41, 5.74) is 0.706. The number of rotatable bonds is 5. The molecule has 0 amide bonds. The molecule has 21 heavy (non-hydrogen) atoms. The predicted octanol–water partition coefficient (Wildman–Crippen LogP) is 3.27. The summed E-state index contributed by atoms with van der Waals surface area (Å²) in [5, 5.41) is 19.5. The lowest BCUT2D eigenvalue weighted by Gasteiger charge is -2.17. The smallest absolute Gasteiger partial charge is 0.205 e. The van der Waals surface area contributed by atoms with Gasteiger partial charge < -0.3 is 23.7 Å². The fourth-order valence-corrected chi connectivity index (χ4v) is 2.16. The van der Waals surface area contributed by atoms with Crippen LogP contribution in [-0.2, 0) is 0 Å². The van der Waals surface area contributed by atoms with Crippen molar-refractivity contribution in [2.75, 3.05) is 20.8 Å². The van der Waals surface area contributed by atoms with Gasteiger partial charge in [-0.2, -0.15) is 5.26 Å². The number of aliphatic hydroxyl groups excluding tert-OH is 1. The van der Waals surface area contributed by atoms with Crippen LogP contribution in [0.5, 0.6) is 17.2 Å². The van der Waals surface area contributed by atoms with Crippen LogP contribution in [-0.4, -0.2) is 25.9 Å². The van der Waals surface area contributed by atoms with E-state index >= 15 is 0 Å². The van der Waals surface area contributed by atoms with Crippen molar-refractivity contribution in [3.05, 3.63) is 24.0 Å². The molecule has 0 aliphatic rings. The summed E-state index contributed by atoms with van der Waals surface area (Å²) in [7, 11) is 2.94. The maximum atomic E-state index is 10.1. The zero-order valence-electron chi connectivity index (χ0n) is 12.0. The highest BCUT2D eigenvalue weighted by Gasteiger charge is 2.26. The summed E-state index contributed by atoms with van der Waals surface area (Å²) in [6.45, 7) is 2.14. The molecule has 0 aliphatic carbocycles. The lowest BCUT2D eigenvalue weighted by atomic mass is 10.1. The van der Waals surface area contributed by atoms with Crippen LogP contribution >= 0.6 is 0 Å². The monoisotopic (exact) mass is 289 g/mol. The van der Waals surface area contributed by atoms with Crippen LogP contribution in [0.25, 0.3) is 16.7 Å². The fraction of sp³-hybridized carbons (Fsp3) is 0.267. The lowest BCUT2D eigenvalue weighted by molar-refractivity contribution is 0.304. The Bertz CT molecular complexity index is 724. The number of nitrogens with zero attached hydrogens (tertiary/aromatic N) is 1. The highest BCUT2D eigenvalue weighted by atomic mass is 16.5. The molecule has 0 spiro atoms. The van der Waals surface area contributed by atoms with Crippen LogP contribution in [0.15, 0.2) is 22.8 Å². The standard InChI is InChI=1S/C15H15NO5/c1-4-20-14-11(10(17)5-7-16)12(18-2)9-6-8-21-13(9)15(14)19-3/h5-6,8,17H,4H2,1-3H3/b10-5-. The van der Waals surface area contributed by atoms with E-state index in [4.69, 9.17) is 23.9 Å². The molecule has 0 fully saturated rings. The topological polar surface area (TPSA) is 84.9 Å². The van der Waals surface area contributed by atoms with Crippen molar-refractivity contribution in [1.82, 2.24) is 0 Å². The molecule has 6 heteroatoms. The number of aliphatic hydroxyl groups is 1. The van der Waals surface area contributed by atoms with Gasteiger partial charge in [-0.25, -0.2) is 0 Å². The largest absolute Gasteiger partial charge is 0.506 e. The highest BCUT2D eigenvalue weighted by Crippen LogP contribution is 2.48. The number of hydrogen-bond donors (Lipinski definition) is 1. The summed E-state index contributed by atoms with van der Waals surface area (Å²) in [6.07, 6.45) is 2.49. The summed E-state index contributed by atoms with van der Waals surface area (Å²) < 4.78 is 21.7. The number of allylic oxidation sites excluding steroid dienone is 1. The molecule has 0 radical (unpaired) electrons. The SMILES string of the molecule is CCOc1c(/C(O)=C/C#N)c(OC)c2ccoc2c1OC. The highest BCUT2D eigenvalue weighted by molar-refractivity contribution is 5.97. The van der Waals surface area contributed by atoms with E-state index in [9.17, 15) is 5.11 Å². The zero-order valence-corrected chi connectivity index (χ0v) is 12.0. The second kappa shape index (κ2) is 6.09. The van der Waals surface area contributed by atoms with E-state index in [2.05, 4.69) is 0 Å². The van der Waals surface area contributed by atoms with Crippen molar-refractivity contribution < 1.29 is 23.7 Å². The Hall–Kier alpha value is -2.81. The average molecular weight is 289 g/mol. The quantitative estimate of drug-likeness (QED) is 0.671. The van der Waals surface area contributed by atoms with Gasteiger partial charge in [0.1, 0.15) is 17.1 Å². The van der Waals surface area contributed by atoms with Crippen LogP contribution in [0.1, 0.15) is 12.5 Å². The molecular formula is C15H15NO5. The molecule has 2 rings (SSSR count). The van der Waals surface area contributed by atoms with Gasteiger partial charge in [0.25, 0.3) is 0 Å². The van der Waals surface area contributed by atoms with Crippen LogP contribution in [0.4, 0.5) is 0 Å². The first-order chi connectivity index (χ1) is 10.2. The van der Waals surface area contributed by atoms with E-state index in [0.29, 0.717) is 29.1 Å².